The van der Waals surface area contributed by atoms with Gasteiger partial charge in [-0.1, -0.05) is 6.07 Å². The average molecular weight is 418 g/mol. The van der Waals surface area contributed by atoms with Crippen LogP contribution in [0.3, 0.4) is 0 Å². The molecule has 0 aromatic heterocycles. The van der Waals surface area contributed by atoms with E-state index in [-0.39, 0.29) is 5.69 Å². The lowest BCUT2D eigenvalue weighted by Gasteiger charge is -2.12. The van der Waals surface area contributed by atoms with Crippen LogP contribution >= 0.6 is 0 Å². The van der Waals surface area contributed by atoms with Crippen molar-refractivity contribution in [3.05, 3.63) is 64.0 Å². The van der Waals surface area contributed by atoms with Crippen LogP contribution in [0.4, 0.5) is 15.8 Å². The maximum absolute atomic E-state index is 13.4. The van der Waals surface area contributed by atoms with Crippen LogP contribution in [0.15, 0.2) is 42.5 Å². The standard InChI is InChI=1S/C20H19FN2O7/c1-12(20(25)22-14-6-7-15(21)16(11-14)23(26)27)30-19(24)9-5-13-4-8-17(28-2)18(10-13)29-3/h4-12H,1-3H3,(H,22,25)/b9-5+/t12-/m1/s1. The van der Waals surface area contributed by atoms with Gasteiger partial charge in [0, 0.05) is 17.8 Å². The molecule has 0 radical (unpaired) electrons. The zero-order chi connectivity index (χ0) is 22.3. The Morgan fingerprint density at radius 1 is 1.13 bits per heavy atom. The van der Waals surface area contributed by atoms with E-state index in [1.165, 1.54) is 27.2 Å². The van der Waals surface area contributed by atoms with Crippen molar-refractivity contribution in [3.8, 4) is 11.5 Å². The van der Waals surface area contributed by atoms with Crippen LogP contribution in [0.25, 0.3) is 6.08 Å². The van der Waals surface area contributed by atoms with Crippen LogP contribution in [0.1, 0.15) is 12.5 Å². The fourth-order valence-corrected chi connectivity index (χ4v) is 2.36. The number of methoxy groups -OCH3 is 2. The third-order valence-corrected chi connectivity index (χ3v) is 3.89. The number of nitrogens with zero attached hydrogens (tertiary/aromatic N) is 1. The summed E-state index contributed by atoms with van der Waals surface area (Å²) in [5.41, 5.74) is -0.146. The summed E-state index contributed by atoms with van der Waals surface area (Å²) in [6.07, 6.45) is 1.41. The highest BCUT2D eigenvalue weighted by molar-refractivity contribution is 5.96. The van der Waals surface area contributed by atoms with Crippen molar-refractivity contribution in [2.24, 2.45) is 0 Å². The smallest absolute Gasteiger partial charge is 0.331 e. The highest BCUT2D eigenvalue weighted by atomic mass is 19.1. The van der Waals surface area contributed by atoms with Crippen molar-refractivity contribution in [1.82, 2.24) is 0 Å². The molecule has 2 rings (SSSR count). The Bertz CT molecular complexity index is 991. The minimum absolute atomic E-state index is 0.00290. The summed E-state index contributed by atoms with van der Waals surface area (Å²) in [5.74, 6) is -1.53. The lowest BCUT2D eigenvalue weighted by atomic mass is 10.2. The van der Waals surface area contributed by atoms with E-state index in [9.17, 15) is 24.1 Å². The van der Waals surface area contributed by atoms with Crippen molar-refractivity contribution in [1.29, 1.82) is 0 Å². The largest absolute Gasteiger partial charge is 0.493 e. The van der Waals surface area contributed by atoms with Gasteiger partial charge in [0.15, 0.2) is 17.6 Å². The van der Waals surface area contributed by atoms with E-state index in [0.717, 1.165) is 24.3 Å². The number of anilines is 1. The molecule has 0 heterocycles. The number of nitro benzene ring substituents is 1. The molecule has 9 nitrogen and oxygen atoms in total. The molecule has 0 fully saturated rings. The van der Waals surface area contributed by atoms with Gasteiger partial charge in [-0.3, -0.25) is 14.9 Å². The van der Waals surface area contributed by atoms with Crippen LogP contribution in [0.5, 0.6) is 11.5 Å². The number of carbonyl (C=O) groups is 2. The number of rotatable bonds is 8. The first-order valence-corrected chi connectivity index (χ1v) is 8.60. The van der Waals surface area contributed by atoms with Gasteiger partial charge in [-0.05, 0) is 42.8 Å². The molecular formula is C20H19FN2O7. The lowest BCUT2D eigenvalue weighted by Crippen LogP contribution is -2.29. The van der Waals surface area contributed by atoms with E-state index in [4.69, 9.17) is 14.2 Å². The number of halogens is 1. The molecule has 30 heavy (non-hydrogen) atoms. The van der Waals surface area contributed by atoms with E-state index < -0.39 is 34.4 Å². The van der Waals surface area contributed by atoms with Gasteiger partial charge in [-0.2, -0.15) is 4.39 Å². The van der Waals surface area contributed by atoms with Gasteiger partial charge in [-0.15, -0.1) is 0 Å². The first-order valence-electron chi connectivity index (χ1n) is 8.60. The second-order valence-corrected chi connectivity index (χ2v) is 5.94. The van der Waals surface area contributed by atoms with Gasteiger partial charge in [0.1, 0.15) is 0 Å². The number of amides is 1. The highest BCUT2D eigenvalue weighted by Gasteiger charge is 2.19. The Labute approximate surface area is 171 Å². The average Bonchev–Trinajstić information content (AvgIpc) is 2.72. The summed E-state index contributed by atoms with van der Waals surface area (Å²) in [5, 5.41) is 13.1. The van der Waals surface area contributed by atoms with Crippen LogP contribution in [0.2, 0.25) is 0 Å². The minimum atomic E-state index is -1.20. The Morgan fingerprint density at radius 2 is 1.83 bits per heavy atom. The number of benzene rings is 2. The van der Waals surface area contributed by atoms with Crippen molar-refractivity contribution < 1.29 is 33.1 Å². The number of hydrogen-bond donors (Lipinski definition) is 1. The monoisotopic (exact) mass is 418 g/mol. The normalized spacial score (nSPS) is 11.6. The predicted molar refractivity (Wildman–Crippen MR) is 106 cm³/mol. The van der Waals surface area contributed by atoms with Crippen LogP contribution in [-0.4, -0.2) is 37.1 Å². The molecule has 1 amide bonds. The second kappa shape index (κ2) is 10.0. The Balaban J connectivity index is 1.98. The summed E-state index contributed by atoms with van der Waals surface area (Å²) >= 11 is 0. The molecular weight excluding hydrogens is 399 g/mol. The van der Waals surface area contributed by atoms with Gasteiger partial charge in [0.05, 0.1) is 19.1 Å². The number of nitrogens with one attached hydrogen (secondary N) is 1. The summed E-state index contributed by atoms with van der Waals surface area (Å²) < 4.78 is 28.7. The highest BCUT2D eigenvalue weighted by Crippen LogP contribution is 2.28. The number of nitro groups is 1. The molecule has 2 aromatic rings. The molecule has 0 saturated carbocycles. The van der Waals surface area contributed by atoms with Crippen molar-refractivity contribution in [2.75, 3.05) is 19.5 Å². The van der Waals surface area contributed by atoms with E-state index in [2.05, 4.69) is 5.32 Å². The molecule has 0 spiro atoms. The molecule has 2 aromatic carbocycles. The Kier molecular flexibility index (Phi) is 7.45. The lowest BCUT2D eigenvalue weighted by molar-refractivity contribution is -0.387. The van der Waals surface area contributed by atoms with Crippen LogP contribution < -0.4 is 14.8 Å². The summed E-state index contributed by atoms with van der Waals surface area (Å²) in [4.78, 5) is 34.0. The molecule has 0 saturated heterocycles. The molecule has 1 N–H and O–H groups in total. The third-order valence-electron chi connectivity index (χ3n) is 3.89. The third kappa shape index (κ3) is 5.77. The molecule has 0 bridgehead atoms. The summed E-state index contributed by atoms with van der Waals surface area (Å²) in [6, 6.07) is 7.91. The van der Waals surface area contributed by atoms with E-state index in [1.807, 2.05) is 0 Å². The van der Waals surface area contributed by atoms with Crippen LogP contribution in [0, 0.1) is 15.9 Å². The quantitative estimate of drug-likeness (QED) is 0.302. The maximum atomic E-state index is 13.4. The minimum Gasteiger partial charge on any atom is -0.493 e. The van der Waals surface area contributed by atoms with Crippen molar-refractivity contribution in [3.63, 3.8) is 0 Å². The Morgan fingerprint density at radius 3 is 2.47 bits per heavy atom. The summed E-state index contributed by atoms with van der Waals surface area (Å²) in [7, 11) is 2.98. The first-order chi connectivity index (χ1) is 14.2. The van der Waals surface area contributed by atoms with Gasteiger partial charge in [-0.25, -0.2) is 4.79 Å². The molecule has 0 unspecified atom stereocenters. The first kappa shape index (κ1) is 22.3. The summed E-state index contributed by atoms with van der Waals surface area (Å²) in [6.45, 7) is 1.33. The number of ether oxygens (including phenoxy) is 3. The molecule has 158 valence electrons. The van der Waals surface area contributed by atoms with Crippen molar-refractivity contribution in [2.45, 2.75) is 13.0 Å². The second-order valence-electron chi connectivity index (χ2n) is 5.94. The molecule has 0 aliphatic carbocycles. The zero-order valence-corrected chi connectivity index (χ0v) is 16.4. The van der Waals surface area contributed by atoms with Gasteiger partial charge < -0.3 is 19.5 Å². The van der Waals surface area contributed by atoms with Gasteiger partial charge in [0.2, 0.25) is 5.82 Å². The van der Waals surface area contributed by atoms with E-state index in [1.54, 1.807) is 18.2 Å². The number of esters is 1. The van der Waals surface area contributed by atoms with E-state index in [0.29, 0.717) is 17.1 Å². The SMILES string of the molecule is COc1ccc(/C=C/C(=O)O[C@H](C)C(=O)Nc2ccc(F)c([N+](=O)[O-])c2)cc1OC. The van der Waals surface area contributed by atoms with E-state index >= 15 is 0 Å². The molecule has 0 aliphatic rings. The van der Waals surface area contributed by atoms with Gasteiger partial charge >= 0.3 is 11.7 Å². The number of carbonyl (C=O) groups excluding carboxylic acids is 2. The maximum Gasteiger partial charge on any atom is 0.331 e. The Hall–Kier alpha value is -3.95. The van der Waals surface area contributed by atoms with Crippen LogP contribution in [-0.2, 0) is 14.3 Å². The fourth-order valence-electron chi connectivity index (χ4n) is 2.36. The fraction of sp³-hybridized carbons (Fsp3) is 0.200. The molecule has 0 aliphatic heterocycles. The molecule has 10 heteroatoms. The van der Waals surface area contributed by atoms with Crippen molar-refractivity contribution >= 4 is 29.3 Å². The number of hydrogen-bond acceptors (Lipinski definition) is 7. The topological polar surface area (TPSA) is 117 Å². The van der Waals surface area contributed by atoms with Gasteiger partial charge in [0.25, 0.3) is 5.91 Å². The predicted octanol–water partition coefficient (Wildman–Crippen LogP) is 3.33. The molecule has 1 atom stereocenters. The zero-order valence-electron chi connectivity index (χ0n) is 16.4.